The summed E-state index contributed by atoms with van der Waals surface area (Å²) in [5, 5.41) is 36.8. The molecule has 0 aliphatic carbocycles. The molecule has 0 radical (unpaired) electrons. The molecule has 0 fully saturated rings. The van der Waals surface area contributed by atoms with Crippen LogP contribution in [0.25, 0.3) is 10.8 Å². The lowest BCUT2D eigenvalue weighted by Crippen LogP contribution is -2.04. The van der Waals surface area contributed by atoms with Crippen molar-refractivity contribution in [2.75, 3.05) is 10.6 Å². The number of anilines is 3. The quantitative estimate of drug-likeness (QED) is 0.387. The van der Waals surface area contributed by atoms with Gasteiger partial charge in [-0.15, -0.1) is 10.2 Å². The molecule has 0 atom stereocenters. The van der Waals surface area contributed by atoms with Crippen LogP contribution in [-0.4, -0.2) is 20.5 Å². The summed E-state index contributed by atoms with van der Waals surface area (Å²) in [6.07, 6.45) is 1.75. The first-order valence-corrected chi connectivity index (χ1v) is 6.60. The van der Waals surface area contributed by atoms with Gasteiger partial charge >= 0.3 is 0 Å². The SMILES string of the molecule is N#CNc1c(Cl)nnnc1Nc1ccc2ccccc2c1O. The molecule has 8 heteroatoms. The fourth-order valence-electron chi connectivity index (χ4n) is 2.04. The van der Waals surface area contributed by atoms with E-state index in [0.29, 0.717) is 11.1 Å². The molecule has 3 N–H and O–H groups in total. The second kappa shape index (κ2) is 5.71. The van der Waals surface area contributed by atoms with E-state index in [0.717, 1.165) is 5.39 Å². The smallest absolute Gasteiger partial charge is 0.182 e. The number of hydrogen-bond donors (Lipinski definition) is 3. The van der Waals surface area contributed by atoms with Crippen LogP contribution in [0.15, 0.2) is 36.4 Å². The third-order valence-corrected chi connectivity index (χ3v) is 3.32. The molecule has 2 aromatic carbocycles. The Hall–Kier alpha value is -3.11. The van der Waals surface area contributed by atoms with Crippen LogP contribution < -0.4 is 10.6 Å². The molecular formula is C14H9ClN6O. The summed E-state index contributed by atoms with van der Waals surface area (Å²) < 4.78 is 0. The topological polar surface area (TPSA) is 107 Å². The third kappa shape index (κ3) is 2.43. The molecule has 0 spiro atoms. The van der Waals surface area contributed by atoms with Crippen molar-refractivity contribution in [3.8, 4) is 11.9 Å². The maximum Gasteiger partial charge on any atom is 0.182 e. The zero-order chi connectivity index (χ0) is 15.5. The zero-order valence-electron chi connectivity index (χ0n) is 11.1. The summed E-state index contributed by atoms with van der Waals surface area (Å²) in [6, 6.07) is 11.0. The van der Waals surface area contributed by atoms with Crippen LogP contribution in [0.4, 0.5) is 17.2 Å². The number of hydrogen-bond acceptors (Lipinski definition) is 7. The second-order valence-electron chi connectivity index (χ2n) is 4.35. The fraction of sp³-hybridized carbons (Fsp3) is 0. The van der Waals surface area contributed by atoms with E-state index in [2.05, 4.69) is 26.0 Å². The molecule has 3 aromatic rings. The van der Waals surface area contributed by atoms with Gasteiger partial charge in [0.2, 0.25) is 0 Å². The fourth-order valence-corrected chi connectivity index (χ4v) is 2.21. The maximum atomic E-state index is 10.4. The summed E-state index contributed by atoms with van der Waals surface area (Å²) in [5.74, 6) is 0.253. The molecule has 0 amide bonds. The highest BCUT2D eigenvalue weighted by Gasteiger charge is 2.13. The van der Waals surface area contributed by atoms with Crippen molar-refractivity contribution in [2.45, 2.75) is 0 Å². The Balaban J connectivity index is 2.06. The Morgan fingerprint density at radius 2 is 1.95 bits per heavy atom. The first kappa shape index (κ1) is 13.9. The normalized spacial score (nSPS) is 10.2. The first-order valence-electron chi connectivity index (χ1n) is 6.22. The van der Waals surface area contributed by atoms with Crippen LogP contribution in [0.3, 0.4) is 0 Å². The number of phenolic OH excluding ortho intramolecular Hbond substituents is 1. The lowest BCUT2D eigenvalue weighted by molar-refractivity contribution is 0.484. The number of fused-ring (bicyclic) bond motifs is 1. The predicted octanol–water partition coefficient (Wildman–Crippen LogP) is 3.02. The molecule has 108 valence electrons. The molecular weight excluding hydrogens is 304 g/mol. The van der Waals surface area contributed by atoms with Gasteiger partial charge in [-0.3, -0.25) is 5.32 Å². The van der Waals surface area contributed by atoms with Gasteiger partial charge in [0, 0.05) is 5.39 Å². The van der Waals surface area contributed by atoms with Crippen molar-refractivity contribution in [3.63, 3.8) is 0 Å². The van der Waals surface area contributed by atoms with Crippen molar-refractivity contribution in [3.05, 3.63) is 41.6 Å². The van der Waals surface area contributed by atoms with Gasteiger partial charge in [-0.25, -0.2) is 0 Å². The lowest BCUT2D eigenvalue weighted by Gasteiger charge is -2.12. The van der Waals surface area contributed by atoms with Crippen LogP contribution in [0.1, 0.15) is 0 Å². The molecule has 0 unspecified atom stereocenters. The van der Waals surface area contributed by atoms with E-state index in [-0.39, 0.29) is 22.4 Å². The highest BCUT2D eigenvalue weighted by molar-refractivity contribution is 6.32. The Morgan fingerprint density at radius 1 is 1.14 bits per heavy atom. The van der Waals surface area contributed by atoms with Crippen molar-refractivity contribution in [1.29, 1.82) is 5.26 Å². The summed E-state index contributed by atoms with van der Waals surface area (Å²) in [7, 11) is 0. The van der Waals surface area contributed by atoms with Gasteiger partial charge in [0.05, 0.1) is 5.69 Å². The number of nitrogens with one attached hydrogen (secondary N) is 2. The number of nitriles is 1. The van der Waals surface area contributed by atoms with Gasteiger partial charge in [0.25, 0.3) is 0 Å². The van der Waals surface area contributed by atoms with Crippen molar-refractivity contribution < 1.29 is 5.11 Å². The van der Waals surface area contributed by atoms with E-state index in [9.17, 15) is 5.11 Å². The number of nitrogens with zero attached hydrogens (tertiary/aromatic N) is 4. The van der Waals surface area contributed by atoms with Gasteiger partial charge in [-0.05, 0) is 16.7 Å². The Labute approximate surface area is 130 Å². The van der Waals surface area contributed by atoms with Gasteiger partial charge in [-0.2, -0.15) is 5.26 Å². The minimum absolute atomic E-state index is 0.000621. The standard InChI is InChI=1S/C14H9ClN6O/c15-13-11(17-7-16)14(20-21-19-13)18-10-6-5-8-3-1-2-4-9(8)12(10)22/h1-6,22H,(H,17,21)(H,18,19,20). The largest absolute Gasteiger partial charge is 0.505 e. The molecule has 0 aliphatic heterocycles. The number of aromatic hydroxyl groups is 1. The molecule has 7 nitrogen and oxygen atoms in total. The minimum atomic E-state index is -0.000621. The van der Waals surface area contributed by atoms with Crippen molar-refractivity contribution in [2.24, 2.45) is 0 Å². The third-order valence-electron chi connectivity index (χ3n) is 3.05. The number of phenols is 1. The molecule has 0 aliphatic rings. The van der Waals surface area contributed by atoms with Crippen molar-refractivity contribution in [1.82, 2.24) is 15.4 Å². The predicted molar refractivity (Wildman–Crippen MR) is 83.0 cm³/mol. The number of benzene rings is 2. The highest BCUT2D eigenvalue weighted by Crippen LogP contribution is 2.36. The Kier molecular flexibility index (Phi) is 3.60. The van der Waals surface area contributed by atoms with Crippen molar-refractivity contribution >= 4 is 39.6 Å². The molecule has 0 saturated heterocycles. The lowest BCUT2D eigenvalue weighted by atomic mass is 10.1. The van der Waals surface area contributed by atoms with Crippen LogP contribution in [-0.2, 0) is 0 Å². The van der Waals surface area contributed by atoms with Gasteiger partial charge in [0.15, 0.2) is 17.2 Å². The average Bonchev–Trinajstić information content (AvgIpc) is 2.53. The summed E-state index contributed by atoms with van der Waals surface area (Å²) in [5.41, 5.74) is 0.600. The second-order valence-corrected chi connectivity index (χ2v) is 4.71. The van der Waals surface area contributed by atoms with Crippen LogP contribution >= 0.6 is 11.6 Å². The summed E-state index contributed by atoms with van der Waals surface area (Å²) in [6.45, 7) is 0. The Morgan fingerprint density at radius 3 is 2.77 bits per heavy atom. The van der Waals surface area contributed by atoms with E-state index in [1.54, 1.807) is 18.3 Å². The highest BCUT2D eigenvalue weighted by atomic mass is 35.5. The van der Waals surface area contributed by atoms with E-state index in [1.807, 2.05) is 24.3 Å². The Bertz CT molecular complexity index is 892. The number of rotatable bonds is 3. The summed E-state index contributed by atoms with van der Waals surface area (Å²) in [4.78, 5) is 0. The van der Waals surface area contributed by atoms with Gasteiger partial charge in [0.1, 0.15) is 11.4 Å². The molecule has 22 heavy (non-hydrogen) atoms. The van der Waals surface area contributed by atoms with E-state index in [4.69, 9.17) is 16.9 Å². The summed E-state index contributed by atoms with van der Waals surface area (Å²) >= 11 is 5.88. The van der Waals surface area contributed by atoms with Crippen LogP contribution in [0.2, 0.25) is 5.15 Å². The maximum absolute atomic E-state index is 10.4. The van der Waals surface area contributed by atoms with E-state index >= 15 is 0 Å². The van der Waals surface area contributed by atoms with Gasteiger partial charge < -0.3 is 10.4 Å². The monoisotopic (exact) mass is 312 g/mol. The first-order chi connectivity index (χ1) is 10.7. The van der Waals surface area contributed by atoms with Crippen LogP contribution in [0, 0.1) is 11.5 Å². The van der Waals surface area contributed by atoms with E-state index in [1.165, 1.54) is 0 Å². The average molecular weight is 313 g/mol. The number of halogens is 1. The molecule has 1 heterocycles. The zero-order valence-corrected chi connectivity index (χ0v) is 11.8. The molecule has 0 saturated carbocycles. The molecule has 0 bridgehead atoms. The molecule has 1 aromatic heterocycles. The van der Waals surface area contributed by atoms with E-state index < -0.39 is 0 Å². The molecule has 3 rings (SSSR count). The van der Waals surface area contributed by atoms with Gasteiger partial charge in [-0.1, -0.05) is 41.9 Å². The number of aromatic nitrogens is 3. The minimum Gasteiger partial charge on any atom is -0.505 e. The van der Waals surface area contributed by atoms with Crippen LogP contribution in [0.5, 0.6) is 5.75 Å².